The molecule has 2 rings (SSSR count). The van der Waals surface area contributed by atoms with Gasteiger partial charge in [0.2, 0.25) is 0 Å². The van der Waals surface area contributed by atoms with Crippen LogP contribution in [0.3, 0.4) is 0 Å². The van der Waals surface area contributed by atoms with E-state index in [0.717, 1.165) is 30.6 Å². The zero-order valence-corrected chi connectivity index (χ0v) is 14.8. The van der Waals surface area contributed by atoms with E-state index in [1.165, 1.54) is 17.5 Å². The molecule has 114 valence electrons. The van der Waals surface area contributed by atoms with Gasteiger partial charge in [0.1, 0.15) is 0 Å². The standard InChI is InChI=1S/C17H22BrNOS/c1-20-10-9-19-12-16(3-2-14-8-11-21-13-14)15-4-6-17(18)7-5-15/h4-8,11,13,16,19H,2-3,9-10,12H2,1H3. The van der Waals surface area contributed by atoms with Gasteiger partial charge in [0.15, 0.2) is 0 Å². The van der Waals surface area contributed by atoms with Gasteiger partial charge in [0.25, 0.3) is 0 Å². The van der Waals surface area contributed by atoms with Crippen LogP contribution in [0.5, 0.6) is 0 Å². The van der Waals surface area contributed by atoms with Crippen molar-refractivity contribution in [2.75, 3.05) is 26.8 Å². The number of methoxy groups -OCH3 is 1. The van der Waals surface area contributed by atoms with Gasteiger partial charge in [-0.25, -0.2) is 0 Å². The molecule has 2 aromatic rings. The van der Waals surface area contributed by atoms with Gasteiger partial charge in [0, 0.05) is 24.7 Å². The summed E-state index contributed by atoms with van der Waals surface area (Å²) in [5.74, 6) is 0.537. The topological polar surface area (TPSA) is 21.3 Å². The fraction of sp³-hybridized carbons (Fsp3) is 0.412. The van der Waals surface area contributed by atoms with Crippen LogP contribution in [0.25, 0.3) is 0 Å². The Labute approximate surface area is 139 Å². The summed E-state index contributed by atoms with van der Waals surface area (Å²) in [5, 5.41) is 7.90. The van der Waals surface area contributed by atoms with E-state index in [1.807, 2.05) is 0 Å². The minimum absolute atomic E-state index is 0.537. The maximum Gasteiger partial charge on any atom is 0.0587 e. The van der Waals surface area contributed by atoms with Crippen LogP contribution in [-0.2, 0) is 11.2 Å². The average molecular weight is 368 g/mol. The van der Waals surface area contributed by atoms with Crippen LogP contribution in [0.1, 0.15) is 23.5 Å². The summed E-state index contributed by atoms with van der Waals surface area (Å²) in [4.78, 5) is 0. The number of hydrogen-bond donors (Lipinski definition) is 1. The first-order valence-corrected chi connectivity index (χ1v) is 8.99. The van der Waals surface area contributed by atoms with Crippen molar-refractivity contribution in [1.82, 2.24) is 5.32 Å². The predicted octanol–water partition coefficient (Wildman–Crippen LogP) is 4.46. The van der Waals surface area contributed by atoms with E-state index < -0.39 is 0 Å². The SMILES string of the molecule is COCCNCC(CCc1ccsc1)c1ccc(Br)cc1. The largest absolute Gasteiger partial charge is 0.383 e. The van der Waals surface area contributed by atoms with Gasteiger partial charge < -0.3 is 10.1 Å². The molecule has 0 amide bonds. The van der Waals surface area contributed by atoms with Gasteiger partial charge in [-0.1, -0.05) is 28.1 Å². The molecule has 0 aliphatic heterocycles. The Bertz CT molecular complexity index is 498. The van der Waals surface area contributed by atoms with Gasteiger partial charge in [-0.05, 0) is 58.8 Å². The first-order chi connectivity index (χ1) is 10.3. The number of halogens is 1. The number of rotatable bonds is 9. The van der Waals surface area contributed by atoms with E-state index in [9.17, 15) is 0 Å². The van der Waals surface area contributed by atoms with Crippen molar-refractivity contribution in [3.05, 3.63) is 56.7 Å². The smallest absolute Gasteiger partial charge is 0.0587 e. The lowest BCUT2D eigenvalue weighted by Gasteiger charge is -2.18. The van der Waals surface area contributed by atoms with Crippen LogP contribution in [0.2, 0.25) is 0 Å². The predicted molar refractivity (Wildman–Crippen MR) is 94.3 cm³/mol. The number of nitrogens with one attached hydrogen (secondary N) is 1. The Morgan fingerprint density at radius 2 is 2.05 bits per heavy atom. The number of benzene rings is 1. The van der Waals surface area contributed by atoms with Gasteiger partial charge >= 0.3 is 0 Å². The lowest BCUT2D eigenvalue weighted by Crippen LogP contribution is -2.25. The van der Waals surface area contributed by atoms with Crippen LogP contribution in [0.4, 0.5) is 0 Å². The molecule has 1 aromatic heterocycles. The third-order valence-electron chi connectivity index (χ3n) is 3.58. The summed E-state index contributed by atoms with van der Waals surface area (Å²) >= 11 is 5.28. The third-order valence-corrected chi connectivity index (χ3v) is 4.84. The van der Waals surface area contributed by atoms with Crippen molar-refractivity contribution in [3.63, 3.8) is 0 Å². The van der Waals surface area contributed by atoms with E-state index >= 15 is 0 Å². The molecule has 21 heavy (non-hydrogen) atoms. The molecule has 0 spiro atoms. The highest BCUT2D eigenvalue weighted by atomic mass is 79.9. The molecule has 4 heteroatoms. The van der Waals surface area contributed by atoms with E-state index in [0.29, 0.717) is 5.92 Å². The molecule has 0 bridgehead atoms. The molecule has 1 heterocycles. The van der Waals surface area contributed by atoms with Crippen LogP contribution in [0, 0.1) is 0 Å². The molecule has 1 atom stereocenters. The van der Waals surface area contributed by atoms with Crippen LogP contribution >= 0.6 is 27.3 Å². The average Bonchev–Trinajstić information content (AvgIpc) is 3.01. The molecular weight excluding hydrogens is 346 g/mol. The fourth-order valence-electron chi connectivity index (χ4n) is 2.35. The van der Waals surface area contributed by atoms with Gasteiger partial charge in [-0.15, -0.1) is 0 Å². The Balaban J connectivity index is 1.93. The van der Waals surface area contributed by atoms with Gasteiger partial charge in [-0.3, -0.25) is 0 Å². The van der Waals surface area contributed by atoms with E-state index in [4.69, 9.17) is 4.74 Å². The highest BCUT2D eigenvalue weighted by Crippen LogP contribution is 2.23. The number of aryl methyl sites for hydroxylation is 1. The van der Waals surface area contributed by atoms with E-state index in [-0.39, 0.29) is 0 Å². The molecule has 1 aromatic carbocycles. The second kappa shape index (κ2) is 9.36. The van der Waals surface area contributed by atoms with E-state index in [1.54, 1.807) is 18.4 Å². The minimum Gasteiger partial charge on any atom is -0.383 e. The summed E-state index contributed by atoms with van der Waals surface area (Å²) in [6.45, 7) is 2.66. The zero-order chi connectivity index (χ0) is 14.9. The first-order valence-electron chi connectivity index (χ1n) is 7.26. The molecule has 1 unspecified atom stereocenters. The normalized spacial score (nSPS) is 12.5. The molecule has 1 N–H and O–H groups in total. The summed E-state index contributed by atoms with van der Waals surface area (Å²) in [6, 6.07) is 10.9. The fourth-order valence-corrected chi connectivity index (χ4v) is 3.32. The van der Waals surface area contributed by atoms with Crippen molar-refractivity contribution >= 4 is 27.3 Å². The molecule has 0 saturated heterocycles. The third kappa shape index (κ3) is 5.91. The number of ether oxygens (including phenoxy) is 1. The Morgan fingerprint density at radius 3 is 2.71 bits per heavy atom. The Morgan fingerprint density at radius 1 is 1.24 bits per heavy atom. The van der Waals surface area contributed by atoms with Crippen molar-refractivity contribution in [3.8, 4) is 0 Å². The van der Waals surface area contributed by atoms with E-state index in [2.05, 4.69) is 62.3 Å². The summed E-state index contributed by atoms with van der Waals surface area (Å²) in [5.41, 5.74) is 2.84. The molecular formula is C17H22BrNOS. The quantitative estimate of drug-likeness (QED) is 0.660. The molecule has 2 nitrogen and oxygen atoms in total. The Hall–Kier alpha value is -0.680. The zero-order valence-electron chi connectivity index (χ0n) is 12.3. The molecule has 0 fully saturated rings. The highest BCUT2D eigenvalue weighted by Gasteiger charge is 2.11. The van der Waals surface area contributed by atoms with Gasteiger partial charge in [-0.2, -0.15) is 11.3 Å². The molecule has 0 aliphatic rings. The lowest BCUT2D eigenvalue weighted by molar-refractivity contribution is 0.199. The first kappa shape index (κ1) is 16.7. The number of thiophene rings is 1. The van der Waals surface area contributed by atoms with Gasteiger partial charge in [0.05, 0.1) is 6.61 Å². The lowest BCUT2D eigenvalue weighted by atomic mass is 9.93. The minimum atomic E-state index is 0.537. The van der Waals surface area contributed by atoms with Crippen LogP contribution in [-0.4, -0.2) is 26.8 Å². The summed E-state index contributed by atoms with van der Waals surface area (Å²) in [7, 11) is 1.74. The Kier molecular flexibility index (Phi) is 7.44. The van der Waals surface area contributed by atoms with Crippen molar-refractivity contribution in [2.45, 2.75) is 18.8 Å². The highest BCUT2D eigenvalue weighted by molar-refractivity contribution is 9.10. The molecule has 0 aliphatic carbocycles. The van der Waals surface area contributed by atoms with Crippen molar-refractivity contribution in [1.29, 1.82) is 0 Å². The maximum absolute atomic E-state index is 5.10. The second-order valence-electron chi connectivity index (χ2n) is 5.12. The number of hydrogen-bond acceptors (Lipinski definition) is 3. The van der Waals surface area contributed by atoms with Crippen molar-refractivity contribution < 1.29 is 4.74 Å². The monoisotopic (exact) mass is 367 g/mol. The molecule has 0 saturated carbocycles. The second-order valence-corrected chi connectivity index (χ2v) is 6.81. The molecule has 0 radical (unpaired) electrons. The van der Waals surface area contributed by atoms with Crippen LogP contribution in [0.15, 0.2) is 45.6 Å². The summed E-state index contributed by atoms with van der Waals surface area (Å²) < 4.78 is 6.23. The van der Waals surface area contributed by atoms with Crippen LogP contribution < -0.4 is 5.32 Å². The maximum atomic E-state index is 5.10. The summed E-state index contributed by atoms with van der Waals surface area (Å²) in [6.07, 6.45) is 2.30. The van der Waals surface area contributed by atoms with Crippen molar-refractivity contribution in [2.24, 2.45) is 0 Å².